The Kier molecular flexibility index (Phi) is 5.30. The van der Waals surface area contributed by atoms with Crippen LogP contribution in [0, 0.1) is 0 Å². The van der Waals surface area contributed by atoms with Gasteiger partial charge in [-0.1, -0.05) is 66.2 Å². The Morgan fingerprint density at radius 1 is 0.739 bits per heavy atom. The summed E-state index contributed by atoms with van der Waals surface area (Å²) in [6.07, 6.45) is 0. The van der Waals surface area contributed by atoms with Gasteiger partial charge in [-0.2, -0.15) is 0 Å². The van der Waals surface area contributed by atoms with E-state index in [0.29, 0.717) is 10.8 Å². The quantitative estimate of drug-likeness (QED) is 0.653. The Morgan fingerprint density at radius 3 is 2.09 bits per heavy atom. The molecule has 3 heteroatoms. The summed E-state index contributed by atoms with van der Waals surface area (Å²) in [5.74, 6) is 1.45. The lowest BCUT2D eigenvalue weighted by atomic mass is 10.2. The van der Waals surface area contributed by atoms with Gasteiger partial charge in [0.2, 0.25) is 0 Å². The van der Waals surface area contributed by atoms with Gasteiger partial charge in [-0.05, 0) is 35.4 Å². The molecule has 2 nitrogen and oxygen atoms in total. The summed E-state index contributed by atoms with van der Waals surface area (Å²) >= 11 is 6.32. The van der Waals surface area contributed by atoms with Crippen LogP contribution in [0.4, 0.5) is 0 Å². The van der Waals surface area contributed by atoms with Gasteiger partial charge in [0.15, 0.2) is 0 Å². The fourth-order valence-electron chi connectivity index (χ4n) is 2.30. The van der Waals surface area contributed by atoms with Crippen molar-refractivity contribution in [2.45, 2.75) is 13.1 Å². The predicted octanol–water partition coefficient (Wildman–Crippen LogP) is 5.42. The Balaban J connectivity index is 1.58. The number of nitrogens with one attached hydrogen (secondary N) is 1. The van der Waals surface area contributed by atoms with Crippen LogP contribution in [0.1, 0.15) is 11.1 Å². The van der Waals surface area contributed by atoms with Crippen LogP contribution in [0.3, 0.4) is 0 Å². The summed E-state index contributed by atoms with van der Waals surface area (Å²) in [5.41, 5.74) is 2.40. The normalized spacial score (nSPS) is 10.5. The van der Waals surface area contributed by atoms with Crippen molar-refractivity contribution in [2.24, 2.45) is 0 Å². The first-order valence-corrected chi connectivity index (χ1v) is 7.95. The van der Waals surface area contributed by atoms with E-state index in [0.717, 1.165) is 24.4 Å². The largest absolute Gasteiger partial charge is 0.456 e. The maximum absolute atomic E-state index is 6.32. The first-order valence-electron chi connectivity index (χ1n) is 7.57. The zero-order valence-electron chi connectivity index (χ0n) is 12.7. The number of ether oxygens (including phenoxy) is 1. The van der Waals surface area contributed by atoms with Crippen LogP contribution in [-0.2, 0) is 13.1 Å². The molecule has 0 fully saturated rings. The third-order valence-corrected chi connectivity index (χ3v) is 3.76. The van der Waals surface area contributed by atoms with E-state index in [-0.39, 0.29) is 0 Å². The molecule has 3 aromatic carbocycles. The van der Waals surface area contributed by atoms with Crippen molar-refractivity contribution in [1.29, 1.82) is 0 Å². The van der Waals surface area contributed by atoms with E-state index in [1.807, 2.05) is 66.7 Å². The van der Waals surface area contributed by atoms with Gasteiger partial charge >= 0.3 is 0 Å². The van der Waals surface area contributed by atoms with E-state index in [2.05, 4.69) is 17.4 Å². The minimum Gasteiger partial charge on any atom is -0.456 e. The Labute approximate surface area is 141 Å². The summed E-state index contributed by atoms with van der Waals surface area (Å²) < 4.78 is 5.79. The second kappa shape index (κ2) is 7.82. The summed E-state index contributed by atoms with van der Waals surface area (Å²) in [7, 11) is 0. The van der Waals surface area contributed by atoms with Crippen molar-refractivity contribution < 1.29 is 4.74 Å². The van der Waals surface area contributed by atoms with E-state index >= 15 is 0 Å². The second-order valence-electron chi connectivity index (χ2n) is 5.27. The lowest BCUT2D eigenvalue weighted by Gasteiger charge is -2.10. The molecule has 3 rings (SSSR count). The molecule has 0 bridgehead atoms. The standard InChI is InChI=1S/C20H18ClNO/c21-19-13-17(15-22-14-16-7-3-1-4-8-16)11-12-20(19)23-18-9-5-2-6-10-18/h1-13,22H,14-15H2. The van der Waals surface area contributed by atoms with Crippen LogP contribution in [0.2, 0.25) is 5.02 Å². The van der Waals surface area contributed by atoms with Gasteiger partial charge in [0.1, 0.15) is 11.5 Å². The molecule has 3 aromatic rings. The molecular weight excluding hydrogens is 306 g/mol. The molecule has 0 radical (unpaired) electrons. The van der Waals surface area contributed by atoms with Gasteiger partial charge in [-0.3, -0.25) is 0 Å². The molecule has 0 heterocycles. The molecule has 0 atom stereocenters. The maximum atomic E-state index is 6.32. The highest BCUT2D eigenvalue weighted by molar-refractivity contribution is 6.32. The van der Waals surface area contributed by atoms with Gasteiger partial charge in [0.25, 0.3) is 0 Å². The van der Waals surface area contributed by atoms with Crippen LogP contribution in [-0.4, -0.2) is 0 Å². The molecular formula is C20H18ClNO. The number of hydrogen-bond donors (Lipinski definition) is 1. The van der Waals surface area contributed by atoms with Crippen molar-refractivity contribution in [3.63, 3.8) is 0 Å². The van der Waals surface area contributed by atoms with Crippen molar-refractivity contribution in [3.8, 4) is 11.5 Å². The van der Waals surface area contributed by atoms with Gasteiger partial charge in [-0.25, -0.2) is 0 Å². The highest BCUT2D eigenvalue weighted by Gasteiger charge is 2.04. The van der Waals surface area contributed by atoms with Crippen LogP contribution in [0.15, 0.2) is 78.9 Å². The Hall–Kier alpha value is -2.29. The monoisotopic (exact) mass is 323 g/mol. The van der Waals surface area contributed by atoms with Crippen LogP contribution in [0.25, 0.3) is 0 Å². The molecule has 0 aromatic heterocycles. The van der Waals surface area contributed by atoms with Crippen molar-refractivity contribution in [1.82, 2.24) is 5.32 Å². The van der Waals surface area contributed by atoms with Gasteiger partial charge in [0, 0.05) is 13.1 Å². The van der Waals surface area contributed by atoms with Gasteiger partial charge in [0.05, 0.1) is 5.02 Å². The summed E-state index contributed by atoms with van der Waals surface area (Å²) in [6.45, 7) is 1.60. The number of hydrogen-bond acceptors (Lipinski definition) is 2. The first kappa shape index (κ1) is 15.6. The van der Waals surface area contributed by atoms with E-state index in [9.17, 15) is 0 Å². The molecule has 0 unspecified atom stereocenters. The second-order valence-corrected chi connectivity index (χ2v) is 5.68. The number of rotatable bonds is 6. The average Bonchev–Trinajstić information content (AvgIpc) is 2.59. The molecule has 1 N–H and O–H groups in total. The van der Waals surface area contributed by atoms with E-state index < -0.39 is 0 Å². The highest BCUT2D eigenvalue weighted by Crippen LogP contribution is 2.29. The summed E-state index contributed by atoms with van der Waals surface area (Å²) in [6, 6.07) is 25.9. The lowest BCUT2D eigenvalue weighted by Crippen LogP contribution is -2.12. The molecule has 23 heavy (non-hydrogen) atoms. The molecule has 116 valence electrons. The van der Waals surface area contributed by atoms with Gasteiger partial charge < -0.3 is 10.1 Å². The average molecular weight is 324 g/mol. The van der Waals surface area contributed by atoms with Gasteiger partial charge in [-0.15, -0.1) is 0 Å². The molecule has 0 saturated carbocycles. The SMILES string of the molecule is Clc1cc(CNCc2ccccc2)ccc1Oc1ccccc1. The zero-order valence-corrected chi connectivity index (χ0v) is 13.5. The molecule has 0 aliphatic carbocycles. The molecule has 0 saturated heterocycles. The highest BCUT2D eigenvalue weighted by atomic mass is 35.5. The van der Waals surface area contributed by atoms with Crippen molar-refractivity contribution in [3.05, 3.63) is 95.0 Å². The molecule has 0 aliphatic rings. The van der Waals surface area contributed by atoms with Crippen molar-refractivity contribution in [2.75, 3.05) is 0 Å². The van der Waals surface area contributed by atoms with Crippen molar-refractivity contribution >= 4 is 11.6 Å². The smallest absolute Gasteiger partial charge is 0.146 e. The topological polar surface area (TPSA) is 21.3 Å². The zero-order chi connectivity index (χ0) is 15.9. The predicted molar refractivity (Wildman–Crippen MR) is 95.0 cm³/mol. The Morgan fingerprint density at radius 2 is 1.39 bits per heavy atom. The van der Waals surface area contributed by atoms with E-state index in [1.54, 1.807) is 0 Å². The van der Waals surface area contributed by atoms with Crippen LogP contribution in [0.5, 0.6) is 11.5 Å². The minimum atomic E-state index is 0.618. The number of halogens is 1. The molecule has 0 amide bonds. The molecule has 0 aliphatic heterocycles. The molecule has 0 spiro atoms. The van der Waals surface area contributed by atoms with Crippen LogP contribution >= 0.6 is 11.6 Å². The van der Waals surface area contributed by atoms with E-state index in [4.69, 9.17) is 16.3 Å². The maximum Gasteiger partial charge on any atom is 0.146 e. The lowest BCUT2D eigenvalue weighted by molar-refractivity contribution is 0.482. The Bertz CT molecular complexity index is 744. The minimum absolute atomic E-state index is 0.618. The van der Waals surface area contributed by atoms with Crippen LogP contribution < -0.4 is 10.1 Å². The number of para-hydroxylation sites is 1. The summed E-state index contributed by atoms with van der Waals surface area (Å²) in [4.78, 5) is 0. The third kappa shape index (κ3) is 4.59. The fourth-order valence-corrected chi connectivity index (χ4v) is 2.54. The summed E-state index contributed by atoms with van der Waals surface area (Å²) in [5, 5.41) is 4.03. The fraction of sp³-hybridized carbons (Fsp3) is 0.100. The first-order chi connectivity index (χ1) is 11.3. The third-order valence-electron chi connectivity index (χ3n) is 3.47. The number of benzene rings is 3. The van der Waals surface area contributed by atoms with E-state index in [1.165, 1.54) is 5.56 Å².